The van der Waals surface area contributed by atoms with Crippen LogP contribution in [0.25, 0.3) is 0 Å². The van der Waals surface area contributed by atoms with Crippen molar-refractivity contribution in [3.8, 4) is 0 Å². The van der Waals surface area contributed by atoms with Gasteiger partial charge in [-0.1, -0.05) is 19.8 Å². The molecule has 3 aliphatic rings. The molecule has 0 saturated heterocycles. The van der Waals surface area contributed by atoms with E-state index in [1.54, 1.807) is 0 Å². The predicted molar refractivity (Wildman–Crippen MR) is 89.5 cm³/mol. The van der Waals surface area contributed by atoms with Crippen molar-refractivity contribution >= 4 is 0 Å². The van der Waals surface area contributed by atoms with Gasteiger partial charge >= 0.3 is 0 Å². The molecule has 4 unspecified atom stereocenters. The number of rotatable bonds is 3. The average Bonchev–Trinajstić information content (AvgIpc) is 2.59. The van der Waals surface area contributed by atoms with Crippen LogP contribution in [0.5, 0.6) is 0 Å². The molecule has 0 bridgehead atoms. The van der Waals surface area contributed by atoms with E-state index >= 15 is 0 Å². The van der Waals surface area contributed by atoms with Gasteiger partial charge in [-0.15, -0.1) is 0 Å². The number of halogens is 7. The van der Waals surface area contributed by atoms with Crippen molar-refractivity contribution in [3.05, 3.63) is 0 Å². The summed E-state index contributed by atoms with van der Waals surface area (Å²) in [6, 6.07) is 0. The molecule has 27 heavy (non-hydrogen) atoms. The van der Waals surface area contributed by atoms with Crippen LogP contribution in [-0.4, -0.2) is 36.8 Å². The summed E-state index contributed by atoms with van der Waals surface area (Å²) in [6.45, 7) is 2.13. The lowest BCUT2D eigenvalue weighted by Gasteiger charge is -2.45. The van der Waals surface area contributed by atoms with E-state index in [9.17, 15) is 30.7 Å². The van der Waals surface area contributed by atoms with Crippen molar-refractivity contribution in [2.45, 2.75) is 95.1 Å². The molecule has 3 aliphatic carbocycles. The summed E-state index contributed by atoms with van der Waals surface area (Å²) < 4.78 is 99.6. The standard InChI is InChI=1S/C20H29F7/c1-10-2-4-11(5-3-10)12-6-14(21)18(15(22)7-12)20(26,27)13-8-16(23)19(25)17(24)9-13/h10-19H,2-9H2,1H3. The second-order valence-electron chi connectivity index (χ2n) is 9.13. The first-order valence-corrected chi connectivity index (χ1v) is 10.2. The van der Waals surface area contributed by atoms with Gasteiger partial charge in [0, 0.05) is 5.92 Å². The SMILES string of the molecule is CC1CCC(C2CC(F)C(C(F)(F)C3CC(F)C(F)C(F)C3)C(F)C2)CC1. The van der Waals surface area contributed by atoms with E-state index in [1.165, 1.54) is 0 Å². The van der Waals surface area contributed by atoms with Crippen LogP contribution in [0.1, 0.15) is 58.3 Å². The van der Waals surface area contributed by atoms with Gasteiger partial charge in [-0.05, 0) is 56.3 Å². The largest absolute Gasteiger partial charge is 0.259 e. The van der Waals surface area contributed by atoms with Crippen molar-refractivity contribution in [1.82, 2.24) is 0 Å². The van der Waals surface area contributed by atoms with E-state index in [0.717, 1.165) is 25.7 Å². The molecule has 0 N–H and O–H groups in total. The number of hydrogen-bond acceptors (Lipinski definition) is 0. The molecular weight excluding hydrogens is 373 g/mol. The average molecular weight is 402 g/mol. The molecular formula is C20H29F7. The van der Waals surface area contributed by atoms with Crippen LogP contribution in [0, 0.1) is 29.6 Å². The van der Waals surface area contributed by atoms with E-state index in [0.29, 0.717) is 5.92 Å². The van der Waals surface area contributed by atoms with E-state index in [4.69, 9.17) is 0 Å². The van der Waals surface area contributed by atoms with Gasteiger partial charge in [0.2, 0.25) is 0 Å². The van der Waals surface area contributed by atoms with Crippen molar-refractivity contribution in [1.29, 1.82) is 0 Å². The molecule has 4 atom stereocenters. The molecule has 0 spiro atoms. The molecule has 0 amide bonds. The Bertz CT molecular complexity index is 467. The third-order valence-electron chi connectivity index (χ3n) is 7.26. The fraction of sp³-hybridized carbons (Fsp3) is 1.00. The maximum Gasteiger partial charge on any atom is 0.259 e. The molecule has 0 nitrogen and oxygen atoms in total. The Kier molecular flexibility index (Phi) is 6.36. The Morgan fingerprint density at radius 3 is 1.59 bits per heavy atom. The molecule has 0 radical (unpaired) electrons. The fourth-order valence-corrected chi connectivity index (χ4v) is 5.53. The lowest BCUT2D eigenvalue weighted by atomic mass is 9.65. The minimum absolute atomic E-state index is 0.129. The second kappa shape index (κ2) is 8.10. The van der Waals surface area contributed by atoms with Crippen LogP contribution in [-0.2, 0) is 0 Å². The molecule has 0 aromatic rings. The summed E-state index contributed by atoms with van der Waals surface area (Å²) in [5.41, 5.74) is 0. The third-order valence-corrected chi connectivity index (χ3v) is 7.26. The summed E-state index contributed by atoms with van der Waals surface area (Å²) in [5.74, 6) is -7.49. The maximum atomic E-state index is 14.9. The molecule has 0 heterocycles. The number of hydrogen-bond donors (Lipinski definition) is 0. The van der Waals surface area contributed by atoms with E-state index in [-0.39, 0.29) is 24.7 Å². The zero-order chi connectivity index (χ0) is 19.9. The Hall–Kier alpha value is -0.490. The van der Waals surface area contributed by atoms with E-state index < -0.39 is 61.5 Å². The Morgan fingerprint density at radius 2 is 1.11 bits per heavy atom. The topological polar surface area (TPSA) is 0 Å². The number of alkyl halides is 7. The minimum Gasteiger partial charge on any atom is -0.247 e. The van der Waals surface area contributed by atoms with Crippen LogP contribution in [0.3, 0.4) is 0 Å². The Labute approximate surface area is 156 Å². The molecule has 0 aromatic heterocycles. The molecule has 3 saturated carbocycles. The van der Waals surface area contributed by atoms with Crippen molar-refractivity contribution in [2.24, 2.45) is 29.6 Å². The van der Waals surface area contributed by atoms with Gasteiger partial charge in [0.15, 0.2) is 6.17 Å². The molecule has 158 valence electrons. The highest BCUT2D eigenvalue weighted by molar-refractivity contribution is 5.02. The summed E-state index contributed by atoms with van der Waals surface area (Å²) in [7, 11) is 0. The minimum atomic E-state index is -3.89. The summed E-state index contributed by atoms with van der Waals surface area (Å²) in [6.07, 6.45) is -9.62. The third kappa shape index (κ3) is 4.26. The lowest BCUT2D eigenvalue weighted by molar-refractivity contribution is -0.190. The predicted octanol–water partition coefficient (Wildman–Crippen LogP) is 6.57. The molecule has 3 fully saturated rings. The summed E-state index contributed by atoms with van der Waals surface area (Å²) in [5, 5.41) is 0. The fourth-order valence-electron chi connectivity index (χ4n) is 5.53. The van der Waals surface area contributed by atoms with Crippen molar-refractivity contribution in [3.63, 3.8) is 0 Å². The van der Waals surface area contributed by atoms with E-state index in [2.05, 4.69) is 6.92 Å². The summed E-state index contributed by atoms with van der Waals surface area (Å²) in [4.78, 5) is 0. The van der Waals surface area contributed by atoms with Gasteiger partial charge in [-0.2, -0.15) is 0 Å². The normalized spacial score (nSPS) is 49.8. The van der Waals surface area contributed by atoms with Crippen LogP contribution < -0.4 is 0 Å². The van der Waals surface area contributed by atoms with Crippen molar-refractivity contribution < 1.29 is 30.7 Å². The molecule has 3 rings (SSSR count). The Balaban J connectivity index is 1.67. The zero-order valence-electron chi connectivity index (χ0n) is 15.6. The second-order valence-corrected chi connectivity index (χ2v) is 9.13. The van der Waals surface area contributed by atoms with Crippen molar-refractivity contribution in [2.75, 3.05) is 0 Å². The highest BCUT2D eigenvalue weighted by atomic mass is 19.3. The molecule has 0 aliphatic heterocycles. The summed E-state index contributed by atoms with van der Waals surface area (Å²) >= 11 is 0. The first-order valence-electron chi connectivity index (χ1n) is 10.2. The van der Waals surface area contributed by atoms with Crippen LogP contribution >= 0.6 is 0 Å². The van der Waals surface area contributed by atoms with Gasteiger partial charge in [0.05, 0.1) is 5.92 Å². The van der Waals surface area contributed by atoms with Gasteiger partial charge in [-0.25, -0.2) is 30.7 Å². The monoisotopic (exact) mass is 402 g/mol. The highest BCUT2D eigenvalue weighted by Crippen LogP contribution is 2.52. The highest BCUT2D eigenvalue weighted by Gasteiger charge is 2.59. The smallest absolute Gasteiger partial charge is 0.247 e. The van der Waals surface area contributed by atoms with Crippen LogP contribution in [0.4, 0.5) is 30.7 Å². The lowest BCUT2D eigenvalue weighted by Crippen LogP contribution is -2.54. The van der Waals surface area contributed by atoms with Crippen LogP contribution in [0.2, 0.25) is 0 Å². The van der Waals surface area contributed by atoms with Gasteiger partial charge in [-0.3, -0.25) is 0 Å². The maximum absolute atomic E-state index is 14.9. The zero-order valence-corrected chi connectivity index (χ0v) is 15.6. The van der Waals surface area contributed by atoms with Gasteiger partial charge in [0.25, 0.3) is 5.92 Å². The molecule has 7 heteroatoms. The van der Waals surface area contributed by atoms with Crippen LogP contribution in [0.15, 0.2) is 0 Å². The molecule has 0 aromatic carbocycles. The van der Waals surface area contributed by atoms with E-state index in [1.807, 2.05) is 0 Å². The Morgan fingerprint density at radius 1 is 0.630 bits per heavy atom. The van der Waals surface area contributed by atoms with Gasteiger partial charge in [0.1, 0.15) is 24.7 Å². The first-order chi connectivity index (χ1) is 12.6. The first kappa shape index (κ1) is 21.2. The van der Waals surface area contributed by atoms with Gasteiger partial charge < -0.3 is 0 Å². The quantitative estimate of drug-likeness (QED) is 0.468.